The van der Waals surface area contributed by atoms with Gasteiger partial charge in [0.2, 0.25) is 5.91 Å². The smallest absolute Gasteiger partial charge is 0.264 e. The minimum Gasteiger partial charge on any atom is -0.366 e. The Bertz CT molecular complexity index is 584. The lowest BCUT2D eigenvalue weighted by Gasteiger charge is -2.39. The highest BCUT2D eigenvalue weighted by molar-refractivity contribution is 7.86. The molecule has 1 saturated heterocycles. The van der Waals surface area contributed by atoms with Crippen LogP contribution in [-0.2, 0) is 38.1 Å². The summed E-state index contributed by atoms with van der Waals surface area (Å²) in [5.41, 5.74) is 0. The standard InChI is InChI=1S/C9H17NO9S2/c1-5(11)10-7-6(18-20(2,13)14)4-17-9(12)8(7)19-21(3,15)16/h6-9,12H,4H2,1-3H3,(H,10,11)/t6-,7+,8-,9+/m1/s1. The molecule has 0 saturated carbocycles. The average Bonchev–Trinajstić information content (AvgIpc) is 2.23. The Kier molecular flexibility index (Phi) is 5.69. The number of hydrogen-bond donors (Lipinski definition) is 2. The van der Waals surface area contributed by atoms with E-state index in [1.807, 2.05) is 0 Å². The Morgan fingerprint density at radius 3 is 2.14 bits per heavy atom. The van der Waals surface area contributed by atoms with Gasteiger partial charge >= 0.3 is 0 Å². The van der Waals surface area contributed by atoms with Crippen LogP contribution in [0.4, 0.5) is 0 Å². The van der Waals surface area contributed by atoms with Crippen LogP contribution in [0.2, 0.25) is 0 Å². The second kappa shape index (κ2) is 6.54. The van der Waals surface area contributed by atoms with Gasteiger partial charge in [-0.25, -0.2) is 0 Å². The van der Waals surface area contributed by atoms with Crippen LogP contribution in [0.15, 0.2) is 0 Å². The van der Waals surface area contributed by atoms with Gasteiger partial charge in [-0.2, -0.15) is 16.8 Å². The lowest BCUT2D eigenvalue weighted by Crippen LogP contribution is -2.62. The van der Waals surface area contributed by atoms with Crippen molar-refractivity contribution < 1.29 is 39.8 Å². The number of aliphatic hydroxyl groups is 1. The summed E-state index contributed by atoms with van der Waals surface area (Å²) in [5, 5.41) is 12.0. The summed E-state index contributed by atoms with van der Waals surface area (Å²) in [6, 6.07) is -1.23. The van der Waals surface area contributed by atoms with E-state index in [-0.39, 0.29) is 6.61 Å². The number of amides is 1. The molecule has 4 atom stereocenters. The Hall–Kier alpha value is -0.790. The summed E-state index contributed by atoms with van der Waals surface area (Å²) in [4.78, 5) is 11.2. The minimum absolute atomic E-state index is 0.372. The molecule has 124 valence electrons. The predicted molar refractivity (Wildman–Crippen MR) is 69.0 cm³/mol. The molecule has 0 radical (unpaired) electrons. The van der Waals surface area contributed by atoms with Gasteiger partial charge in [0, 0.05) is 6.92 Å². The van der Waals surface area contributed by atoms with Gasteiger partial charge in [0.05, 0.1) is 25.2 Å². The zero-order valence-corrected chi connectivity index (χ0v) is 13.2. The highest BCUT2D eigenvalue weighted by atomic mass is 32.2. The topological polar surface area (TPSA) is 145 Å². The predicted octanol–water partition coefficient (Wildman–Crippen LogP) is -2.47. The summed E-state index contributed by atoms with van der Waals surface area (Å²) in [6.07, 6.45) is -2.92. The van der Waals surface area contributed by atoms with Crippen molar-refractivity contribution >= 4 is 26.1 Å². The molecule has 0 bridgehead atoms. The molecule has 1 fully saturated rings. The van der Waals surface area contributed by atoms with E-state index < -0.39 is 50.7 Å². The normalized spacial score (nSPS) is 30.9. The van der Waals surface area contributed by atoms with Crippen molar-refractivity contribution in [1.82, 2.24) is 5.32 Å². The summed E-state index contributed by atoms with van der Waals surface area (Å²) < 4.78 is 59.0. The quantitative estimate of drug-likeness (QED) is 0.517. The Balaban J connectivity index is 3.07. The van der Waals surface area contributed by atoms with E-state index in [1.165, 1.54) is 0 Å². The first-order valence-corrected chi connectivity index (χ1v) is 9.35. The zero-order chi connectivity index (χ0) is 16.4. The highest BCUT2D eigenvalue weighted by Gasteiger charge is 2.45. The van der Waals surface area contributed by atoms with Crippen molar-refractivity contribution in [3.05, 3.63) is 0 Å². The minimum atomic E-state index is -3.99. The Morgan fingerprint density at radius 1 is 1.19 bits per heavy atom. The van der Waals surface area contributed by atoms with Crippen molar-refractivity contribution in [3.63, 3.8) is 0 Å². The van der Waals surface area contributed by atoms with Gasteiger partial charge in [-0.05, 0) is 0 Å². The van der Waals surface area contributed by atoms with E-state index in [9.17, 15) is 26.7 Å². The fourth-order valence-electron chi connectivity index (χ4n) is 1.81. The van der Waals surface area contributed by atoms with E-state index in [0.717, 1.165) is 19.4 Å². The largest absolute Gasteiger partial charge is 0.366 e. The number of aliphatic hydroxyl groups excluding tert-OH is 1. The van der Waals surface area contributed by atoms with Crippen LogP contribution < -0.4 is 5.32 Å². The number of carbonyl (C=O) groups excluding carboxylic acids is 1. The van der Waals surface area contributed by atoms with Crippen LogP contribution in [-0.4, -0.2) is 71.5 Å². The molecule has 1 aliphatic rings. The van der Waals surface area contributed by atoms with E-state index in [2.05, 4.69) is 9.50 Å². The number of hydrogen-bond acceptors (Lipinski definition) is 9. The molecule has 0 aromatic heterocycles. The zero-order valence-electron chi connectivity index (χ0n) is 11.5. The molecule has 0 aromatic carbocycles. The molecular formula is C9H17NO9S2. The van der Waals surface area contributed by atoms with Crippen molar-refractivity contribution in [2.24, 2.45) is 0 Å². The van der Waals surface area contributed by atoms with Crippen LogP contribution in [0.1, 0.15) is 6.92 Å². The lowest BCUT2D eigenvalue weighted by atomic mass is 10.0. The van der Waals surface area contributed by atoms with E-state index in [4.69, 9.17) is 8.92 Å². The van der Waals surface area contributed by atoms with Gasteiger partial charge in [0.15, 0.2) is 12.4 Å². The molecule has 1 amide bonds. The maximum absolute atomic E-state index is 11.2. The maximum atomic E-state index is 11.2. The van der Waals surface area contributed by atoms with Gasteiger partial charge in [-0.15, -0.1) is 0 Å². The van der Waals surface area contributed by atoms with Gasteiger partial charge in [0.1, 0.15) is 6.10 Å². The van der Waals surface area contributed by atoms with Crippen LogP contribution in [0.3, 0.4) is 0 Å². The van der Waals surface area contributed by atoms with Crippen molar-refractivity contribution in [1.29, 1.82) is 0 Å². The molecule has 1 aliphatic heterocycles. The number of carbonyl (C=O) groups is 1. The number of ether oxygens (including phenoxy) is 1. The first kappa shape index (κ1) is 18.3. The number of rotatable bonds is 5. The summed E-state index contributed by atoms with van der Waals surface area (Å²) in [7, 11) is -7.88. The molecule has 10 nitrogen and oxygen atoms in total. The molecule has 21 heavy (non-hydrogen) atoms. The van der Waals surface area contributed by atoms with Crippen LogP contribution in [0.5, 0.6) is 0 Å². The van der Waals surface area contributed by atoms with E-state index >= 15 is 0 Å². The second-order valence-electron chi connectivity index (χ2n) is 4.55. The molecule has 0 spiro atoms. The van der Waals surface area contributed by atoms with Gasteiger partial charge in [-0.3, -0.25) is 13.2 Å². The van der Waals surface area contributed by atoms with Crippen LogP contribution in [0, 0.1) is 0 Å². The Labute approximate surface area is 122 Å². The fourth-order valence-corrected chi connectivity index (χ4v) is 3.05. The monoisotopic (exact) mass is 347 g/mol. The third kappa shape index (κ3) is 6.23. The summed E-state index contributed by atoms with van der Waals surface area (Å²) in [5.74, 6) is -0.585. The van der Waals surface area contributed by atoms with Crippen LogP contribution >= 0.6 is 0 Å². The molecular weight excluding hydrogens is 330 g/mol. The van der Waals surface area contributed by atoms with Crippen LogP contribution in [0.25, 0.3) is 0 Å². The molecule has 0 aliphatic carbocycles. The first-order chi connectivity index (χ1) is 9.39. The first-order valence-electron chi connectivity index (χ1n) is 5.72. The second-order valence-corrected chi connectivity index (χ2v) is 7.76. The molecule has 1 heterocycles. The molecule has 1 rings (SSSR count). The SMILES string of the molecule is CC(=O)N[C@@H]1[C@@H](OS(C)(=O)=O)[C@@H](O)OC[C@H]1OS(C)(=O)=O. The Morgan fingerprint density at radius 2 is 1.71 bits per heavy atom. The molecule has 12 heteroatoms. The van der Waals surface area contributed by atoms with Gasteiger partial charge in [0.25, 0.3) is 20.2 Å². The summed E-state index contributed by atoms with van der Waals surface area (Å²) in [6.45, 7) is 0.764. The maximum Gasteiger partial charge on any atom is 0.264 e. The van der Waals surface area contributed by atoms with Gasteiger partial charge in [-0.1, -0.05) is 0 Å². The third-order valence-corrected chi connectivity index (χ3v) is 3.59. The van der Waals surface area contributed by atoms with E-state index in [0.29, 0.717) is 0 Å². The third-order valence-electron chi connectivity index (χ3n) is 2.42. The van der Waals surface area contributed by atoms with Crippen molar-refractivity contribution in [2.75, 3.05) is 19.1 Å². The van der Waals surface area contributed by atoms with Crippen molar-refractivity contribution in [3.8, 4) is 0 Å². The average molecular weight is 347 g/mol. The lowest BCUT2D eigenvalue weighted by molar-refractivity contribution is -0.210. The summed E-state index contributed by atoms with van der Waals surface area (Å²) >= 11 is 0. The van der Waals surface area contributed by atoms with E-state index in [1.54, 1.807) is 0 Å². The fraction of sp³-hybridized carbons (Fsp3) is 0.889. The molecule has 2 N–H and O–H groups in total. The molecule has 0 unspecified atom stereocenters. The van der Waals surface area contributed by atoms with Gasteiger partial charge < -0.3 is 15.2 Å². The molecule has 0 aromatic rings. The van der Waals surface area contributed by atoms with Crippen molar-refractivity contribution in [2.45, 2.75) is 31.5 Å². The highest BCUT2D eigenvalue weighted by Crippen LogP contribution is 2.22. The number of nitrogens with one attached hydrogen (secondary N) is 1.